The molecule has 1 heterocycles. The Morgan fingerprint density at radius 1 is 1.24 bits per heavy atom. The SMILES string of the molecule is CN(CC1(c2ccccc2)CC1)c1ncc([N+](=O)[O-])cn1. The molecule has 1 aliphatic rings. The van der Waals surface area contributed by atoms with Crippen LogP contribution in [0.1, 0.15) is 18.4 Å². The van der Waals surface area contributed by atoms with Gasteiger partial charge in [-0.05, 0) is 18.4 Å². The first kappa shape index (κ1) is 13.5. The van der Waals surface area contributed by atoms with Crippen LogP contribution in [0.25, 0.3) is 0 Å². The van der Waals surface area contributed by atoms with Gasteiger partial charge in [-0.3, -0.25) is 10.1 Å². The number of hydrogen-bond donors (Lipinski definition) is 0. The second-order valence-electron chi connectivity index (χ2n) is 5.50. The molecule has 0 bridgehead atoms. The first-order valence-electron chi connectivity index (χ1n) is 6.84. The Morgan fingerprint density at radius 3 is 2.38 bits per heavy atom. The number of anilines is 1. The van der Waals surface area contributed by atoms with Gasteiger partial charge in [0.1, 0.15) is 12.4 Å². The van der Waals surface area contributed by atoms with Gasteiger partial charge >= 0.3 is 5.69 Å². The normalized spacial score (nSPS) is 15.5. The molecule has 2 aromatic rings. The van der Waals surface area contributed by atoms with E-state index in [2.05, 4.69) is 34.2 Å². The van der Waals surface area contributed by atoms with Crippen LogP contribution in [-0.4, -0.2) is 28.5 Å². The molecule has 1 fully saturated rings. The lowest BCUT2D eigenvalue weighted by Crippen LogP contribution is -2.30. The number of nitrogens with zero attached hydrogens (tertiary/aromatic N) is 4. The summed E-state index contributed by atoms with van der Waals surface area (Å²) in [6.45, 7) is 0.814. The van der Waals surface area contributed by atoms with Crippen LogP contribution in [0, 0.1) is 10.1 Å². The quantitative estimate of drug-likeness (QED) is 0.623. The lowest BCUT2D eigenvalue weighted by Gasteiger charge is -2.24. The van der Waals surface area contributed by atoms with Crippen LogP contribution in [0.15, 0.2) is 42.7 Å². The molecule has 1 saturated carbocycles. The van der Waals surface area contributed by atoms with Crippen LogP contribution in [0.4, 0.5) is 11.6 Å². The van der Waals surface area contributed by atoms with E-state index >= 15 is 0 Å². The molecule has 0 radical (unpaired) electrons. The summed E-state index contributed by atoms with van der Waals surface area (Å²) in [5.41, 5.74) is 1.41. The summed E-state index contributed by atoms with van der Waals surface area (Å²) in [6, 6.07) is 10.4. The van der Waals surface area contributed by atoms with Crippen LogP contribution in [0.5, 0.6) is 0 Å². The van der Waals surface area contributed by atoms with E-state index in [0.717, 1.165) is 19.4 Å². The maximum atomic E-state index is 10.6. The van der Waals surface area contributed by atoms with Crippen molar-refractivity contribution in [3.05, 3.63) is 58.4 Å². The molecule has 108 valence electrons. The zero-order valence-corrected chi connectivity index (χ0v) is 11.8. The molecule has 0 aliphatic heterocycles. The lowest BCUT2D eigenvalue weighted by atomic mass is 9.95. The Hall–Kier alpha value is -2.50. The number of benzene rings is 1. The van der Waals surface area contributed by atoms with Gasteiger partial charge in [0.25, 0.3) is 0 Å². The van der Waals surface area contributed by atoms with E-state index in [1.165, 1.54) is 18.0 Å². The van der Waals surface area contributed by atoms with Gasteiger partial charge in [-0.15, -0.1) is 0 Å². The van der Waals surface area contributed by atoms with Crippen molar-refractivity contribution in [3.8, 4) is 0 Å². The predicted octanol–water partition coefficient (Wildman–Crippen LogP) is 2.55. The van der Waals surface area contributed by atoms with Crippen molar-refractivity contribution in [2.24, 2.45) is 0 Å². The third kappa shape index (κ3) is 2.69. The molecule has 0 amide bonds. The third-order valence-electron chi connectivity index (χ3n) is 3.96. The Balaban J connectivity index is 1.74. The largest absolute Gasteiger partial charge is 0.343 e. The number of likely N-dealkylation sites (N-methyl/N-ethyl adjacent to an activating group) is 1. The Labute approximate surface area is 122 Å². The van der Waals surface area contributed by atoms with Crippen LogP contribution < -0.4 is 4.90 Å². The fourth-order valence-electron chi connectivity index (χ4n) is 2.61. The molecule has 1 aromatic carbocycles. The van der Waals surface area contributed by atoms with Crippen molar-refractivity contribution in [3.63, 3.8) is 0 Å². The van der Waals surface area contributed by atoms with Crippen molar-refractivity contribution < 1.29 is 4.92 Å². The highest BCUT2D eigenvalue weighted by Gasteiger charge is 2.45. The maximum absolute atomic E-state index is 10.6. The minimum Gasteiger partial charge on any atom is -0.343 e. The molecule has 0 spiro atoms. The predicted molar refractivity (Wildman–Crippen MR) is 79.3 cm³/mol. The molecule has 0 unspecified atom stereocenters. The molecule has 6 heteroatoms. The topological polar surface area (TPSA) is 72.2 Å². The molecular formula is C15H16N4O2. The number of nitro groups is 1. The fraction of sp³-hybridized carbons (Fsp3) is 0.333. The highest BCUT2D eigenvalue weighted by Crippen LogP contribution is 2.48. The highest BCUT2D eigenvalue weighted by molar-refractivity contribution is 5.39. The van der Waals surface area contributed by atoms with Crippen molar-refractivity contribution in [1.82, 2.24) is 9.97 Å². The summed E-state index contributed by atoms with van der Waals surface area (Å²) in [5.74, 6) is 0.516. The van der Waals surface area contributed by atoms with E-state index in [0.29, 0.717) is 5.95 Å². The Bertz CT molecular complexity index is 638. The smallest absolute Gasteiger partial charge is 0.305 e. The third-order valence-corrected chi connectivity index (χ3v) is 3.96. The first-order valence-corrected chi connectivity index (χ1v) is 6.84. The van der Waals surface area contributed by atoms with Crippen molar-refractivity contribution in [2.75, 3.05) is 18.5 Å². The van der Waals surface area contributed by atoms with Crippen LogP contribution in [-0.2, 0) is 5.41 Å². The maximum Gasteiger partial charge on any atom is 0.305 e. The molecule has 1 aliphatic carbocycles. The van der Waals surface area contributed by atoms with Crippen molar-refractivity contribution in [1.29, 1.82) is 0 Å². The van der Waals surface area contributed by atoms with E-state index in [9.17, 15) is 10.1 Å². The second-order valence-corrected chi connectivity index (χ2v) is 5.50. The zero-order chi connectivity index (χ0) is 14.9. The first-order chi connectivity index (χ1) is 10.1. The minimum absolute atomic E-state index is 0.0867. The van der Waals surface area contributed by atoms with Gasteiger partial charge in [-0.1, -0.05) is 30.3 Å². The van der Waals surface area contributed by atoms with Crippen LogP contribution >= 0.6 is 0 Å². The van der Waals surface area contributed by atoms with Gasteiger partial charge < -0.3 is 4.90 Å². The van der Waals surface area contributed by atoms with Gasteiger partial charge in [0.2, 0.25) is 5.95 Å². The lowest BCUT2D eigenvalue weighted by molar-refractivity contribution is -0.385. The molecule has 21 heavy (non-hydrogen) atoms. The van der Waals surface area contributed by atoms with Gasteiger partial charge in [0.05, 0.1) is 4.92 Å². The van der Waals surface area contributed by atoms with Gasteiger partial charge in [-0.2, -0.15) is 0 Å². The summed E-state index contributed by atoms with van der Waals surface area (Å²) in [7, 11) is 1.92. The molecule has 0 atom stereocenters. The molecule has 3 rings (SSSR count). The molecule has 1 aromatic heterocycles. The Morgan fingerprint density at radius 2 is 1.86 bits per heavy atom. The summed E-state index contributed by atoms with van der Waals surface area (Å²) >= 11 is 0. The summed E-state index contributed by atoms with van der Waals surface area (Å²) in [6.07, 6.45) is 4.80. The van der Waals surface area contributed by atoms with Gasteiger partial charge in [-0.25, -0.2) is 9.97 Å². The number of rotatable bonds is 5. The summed E-state index contributed by atoms with van der Waals surface area (Å²) in [5, 5.41) is 10.6. The van der Waals surface area contributed by atoms with E-state index in [-0.39, 0.29) is 11.1 Å². The summed E-state index contributed by atoms with van der Waals surface area (Å²) < 4.78 is 0. The minimum atomic E-state index is -0.490. The number of hydrogen-bond acceptors (Lipinski definition) is 5. The fourth-order valence-corrected chi connectivity index (χ4v) is 2.61. The molecule has 0 saturated heterocycles. The van der Waals surface area contributed by atoms with E-state index < -0.39 is 4.92 Å². The average molecular weight is 284 g/mol. The van der Waals surface area contributed by atoms with Crippen LogP contribution in [0.3, 0.4) is 0 Å². The van der Waals surface area contributed by atoms with Crippen molar-refractivity contribution >= 4 is 11.6 Å². The Kier molecular flexibility index (Phi) is 3.29. The van der Waals surface area contributed by atoms with Crippen LogP contribution in [0.2, 0.25) is 0 Å². The monoisotopic (exact) mass is 284 g/mol. The standard InChI is InChI=1S/C15H16N4O2/c1-18(14-16-9-13(10-17-14)19(20)21)11-15(7-8-15)12-5-3-2-4-6-12/h2-6,9-10H,7-8,11H2,1H3. The second kappa shape index (κ2) is 5.12. The van der Waals surface area contributed by atoms with Gasteiger partial charge in [0, 0.05) is 19.0 Å². The summed E-state index contributed by atoms with van der Waals surface area (Å²) in [4.78, 5) is 20.2. The molecular weight excluding hydrogens is 268 g/mol. The van der Waals surface area contributed by atoms with E-state index in [1.807, 2.05) is 18.0 Å². The van der Waals surface area contributed by atoms with E-state index in [4.69, 9.17) is 0 Å². The number of aromatic nitrogens is 2. The highest BCUT2D eigenvalue weighted by atomic mass is 16.6. The van der Waals surface area contributed by atoms with Gasteiger partial charge in [0.15, 0.2) is 0 Å². The van der Waals surface area contributed by atoms with E-state index in [1.54, 1.807) is 0 Å². The average Bonchev–Trinajstić information content (AvgIpc) is 3.29. The molecule has 0 N–H and O–H groups in total. The van der Waals surface area contributed by atoms with Crippen molar-refractivity contribution in [2.45, 2.75) is 18.3 Å². The molecule has 6 nitrogen and oxygen atoms in total. The zero-order valence-electron chi connectivity index (χ0n) is 11.8.